The van der Waals surface area contributed by atoms with Gasteiger partial charge in [0.25, 0.3) is 5.15 Å². The van der Waals surface area contributed by atoms with E-state index in [1.165, 1.54) is 29.5 Å². The van der Waals surface area contributed by atoms with E-state index in [0.717, 1.165) is 56.7 Å². The van der Waals surface area contributed by atoms with Crippen molar-refractivity contribution < 1.29 is 19.8 Å². The van der Waals surface area contributed by atoms with Gasteiger partial charge >= 0.3 is 0 Å². The Morgan fingerprint density at radius 3 is 2.84 bits per heavy atom. The largest absolute Gasteiger partial charge is 0.378 e. The molecule has 3 N–H and O–H groups in total. The second-order valence-corrected chi connectivity index (χ2v) is 7.15. The van der Waals surface area contributed by atoms with Crippen molar-refractivity contribution in [2.45, 2.75) is 25.5 Å². The number of nitrogens with one attached hydrogen (secondary N) is 1. The van der Waals surface area contributed by atoms with Gasteiger partial charge in [-0.1, -0.05) is 12.1 Å². The fraction of sp³-hybridized carbons (Fsp3) is 0.526. The lowest BCUT2D eigenvalue weighted by Crippen LogP contribution is -2.84. The molecule has 2 fully saturated rings. The van der Waals surface area contributed by atoms with Gasteiger partial charge in [0.15, 0.2) is 0 Å². The van der Waals surface area contributed by atoms with Gasteiger partial charge < -0.3 is 19.7 Å². The molecule has 3 heterocycles. The molecule has 25 heavy (non-hydrogen) atoms. The molecule has 0 aliphatic carbocycles. The van der Waals surface area contributed by atoms with E-state index >= 15 is 0 Å². The van der Waals surface area contributed by atoms with E-state index < -0.39 is 0 Å². The highest BCUT2D eigenvalue weighted by Gasteiger charge is 2.26. The van der Waals surface area contributed by atoms with E-state index in [2.05, 4.69) is 33.4 Å². The van der Waals surface area contributed by atoms with Gasteiger partial charge in [0.1, 0.15) is 24.8 Å². The molecule has 0 radical (unpaired) electrons. The molecular formula is C19H26ClN3O2+2. The average molecular weight is 364 g/mol. The number of nitrogens with two attached hydrogens (primary N) is 1. The van der Waals surface area contributed by atoms with Gasteiger partial charge in [-0.25, -0.2) is 0 Å². The third-order valence-electron chi connectivity index (χ3n) is 5.11. The van der Waals surface area contributed by atoms with Crippen LogP contribution in [0.25, 0.3) is 10.9 Å². The zero-order chi connectivity index (χ0) is 17.1. The summed E-state index contributed by atoms with van der Waals surface area (Å²) in [7, 11) is 0. The maximum Gasteiger partial charge on any atom is 0.284 e. The maximum atomic E-state index is 6.66. The van der Waals surface area contributed by atoms with Gasteiger partial charge in [-0.3, -0.25) is 0 Å². The Morgan fingerprint density at radius 1 is 1.20 bits per heavy atom. The van der Waals surface area contributed by atoms with Crippen LogP contribution in [0.5, 0.6) is 0 Å². The molecule has 0 bridgehead atoms. The number of anilines is 1. The van der Waals surface area contributed by atoms with Crippen molar-refractivity contribution in [2.24, 2.45) is 0 Å². The van der Waals surface area contributed by atoms with Crippen LogP contribution in [-0.2, 0) is 16.0 Å². The zero-order valence-corrected chi connectivity index (χ0v) is 15.2. The molecule has 6 heteroatoms. The number of para-hydroxylation sites is 1. The Balaban J connectivity index is 1.64. The molecule has 1 aromatic heterocycles. The molecule has 4 rings (SSSR count). The minimum Gasteiger partial charge on any atom is -0.378 e. The molecule has 5 nitrogen and oxygen atoms in total. The van der Waals surface area contributed by atoms with Gasteiger partial charge in [-0.2, -0.15) is 4.98 Å². The zero-order valence-electron chi connectivity index (χ0n) is 14.5. The number of pyridine rings is 1. The summed E-state index contributed by atoms with van der Waals surface area (Å²) in [6.07, 6.45) is 2.74. The monoisotopic (exact) mass is 363 g/mol. The molecule has 134 valence electrons. The smallest absolute Gasteiger partial charge is 0.284 e. The minimum absolute atomic E-state index is 0.384. The van der Waals surface area contributed by atoms with E-state index in [-0.39, 0.29) is 0 Å². The lowest BCUT2D eigenvalue weighted by Gasteiger charge is -2.30. The van der Waals surface area contributed by atoms with E-state index in [1.54, 1.807) is 0 Å². The fourth-order valence-corrected chi connectivity index (χ4v) is 4.11. The van der Waals surface area contributed by atoms with Crippen LogP contribution in [0.15, 0.2) is 24.3 Å². The van der Waals surface area contributed by atoms with Crippen LogP contribution in [0.4, 0.5) is 5.69 Å². The summed E-state index contributed by atoms with van der Waals surface area (Å²) >= 11 is 6.66. The van der Waals surface area contributed by atoms with Crippen LogP contribution in [0.2, 0.25) is 5.15 Å². The van der Waals surface area contributed by atoms with Crippen molar-refractivity contribution in [3.8, 4) is 0 Å². The summed E-state index contributed by atoms with van der Waals surface area (Å²) in [6, 6.07) is 8.40. The quantitative estimate of drug-likeness (QED) is 0.817. The number of ether oxygens (including phenoxy) is 2. The van der Waals surface area contributed by atoms with E-state index in [0.29, 0.717) is 6.10 Å². The van der Waals surface area contributed by atoms with Gasteiger partial charge in [0, 0.05) is 25.8 Å². The predicted molar refractivity (Wildman–Crippen MR) is 98.0 cm³/mol. The number of fused-ring (bicyclic) bond motifs is 1. The SMILES string of the molecule is Clc1[nH+]c2ccccc2c(N2CCOCC2)c1C[NH2+]C[C@@H]1CCCO1. The number of benzene rings is 1. The molecule has 2 aliphatic rings. The van der Waals surface area contributed by atoms with Crippen molar-refractivity contribution in [1.29, 1.82) is 0 Å². The minimum atomic E-state index is 0.384. The highest BCUT2D eigenvalue weighted by Crippen LogP contribution is 2.32. The number of quaternary nitrogens is 1. The second-order valence-electron chi connectivity index (χ2n) is 6.77. The highest BCUT2D eigenvalue weighted by atomic mass is 35.5. The number of rotatable bonds is 5. The topological polar surface area (TPSA) is 52.5 Å². The average Bonchev–Trinajstić information content (AvgIpc) is 3.16. The molecule has 1 atom stereocenters. The van der Waals surface area contributed by atoms with Crippen molar-refractivity contribution in [1.82, 2.24) is 0 Å². The number of aromatic amines is 1. The Kier molecular flexibility index (Phi) is 5.36. The third kappa shape index (κ3) is 3.75. The summed E-state index contributed by atoms with van der Waals surface area (Å²) in [5.41, 5.74) is 3.52. The number of nitrogens with zero attached hydrogens (tertiary/aromatic N) is 1. The standard InChI is InChI=1S/C19H24ClN3O2/c20-19-16(13-21-12-14-4-3-9-25-14)18(23-7-10-24-11-8-23)15-5-1-2-6-17(15)22-19/h1-2,5-6,14,21H,3-4,7-13H2/p+2/t14-/m0/s1. The molecule has 2 aromatic rings. The first-order valence-electron chi connectivity index (χ1n) is 9.21. The number of hydrogen-bond acceptors (Lipinski definition) is 3. The summed E-state index contributed by atoms with van der Waals surface area (Å²) in [6.45, 7) is 6.10. The fourth-order valence-electron chi connectivity index (χ4n) is 3.84. The summed E-state index contributed by atoms with van der Waals surface area (Å²) in [5.74, 6) is 0. The number of H-pyrrole nitrogens is 1. The number of morpholine rings is 1. The van der Waals surface area contributed by atoms with Crippen molar-refractivity contribution in [3.05, 3.63) is 35.0 Å². The normalized spacial score (nSPS) is 21.2. The number of aromatic nitrogens is 1. The molecule has 2 saturated heterocycles. The number of halogens is 1. The Bertz CT molecular complexity index is 728. The van der Waals surface area contributed by atoms with Crippen LogP contribution in [-0.4, -0.2) is 45.6 Å². The molecule has 0 saturated carbocycles. The predicted octanol–water partition coefficient (Wildman–Crippen LogP) is 1.39. The van der Waals surface area contributed by atoms with Gasteiger partial charge in [-0.15, -0.1) is 0 Å². The summed E-state index contributed by atoms with van der Waals surface area (Å²) in [4.78, 5) is 5.79. The first kappa shape index (κ1) is 17.0. The van der Waals surface area contributed by atoms with Crippen LogP contribution in [0.1, 0.15) is 18.4 Å². The highest BCUT2D eigenvalue weighted by molar-refractivity contribution is 6.30. The molecule has 0 unspecified atom stereocenters. The molecular weight excluding hydrogens is 338 g/mol. The van der Waals surface area contributed by atoms with E-state index in [4.69, 9.17) is 21.1 Å². The Labute approximate surface area is 153 Å². The molecule has 0 spiro atoms. The van der Waals surface area contributed by atoms with Crippen LogP contribution < -0.4 is 15.2 Å². The lowest BCUT2D eigenvalue weighted by atomic mass is 10.1. The van der Waals surface area contributed by atoms with Crippen LogP contribution >= 0.6 is 11.6 Å². The number of hydrogen-bond donors (Lipinski definition) is 1. The molecule has 0 amide bonds. The Morgan fingerprint density at radius 2 is 2.04 bits per heavy atom. The van der Waals surface area contributed by atoms with E-state index in [9.17, 15) is 0 Å². The van der Waals surface area contributed by atoms with Gasteiger partial charge in [-0.05, 0) is 30.5 Å². The van der Waals surface area contributed by atoms with Crippen molar-refractivity contribution >= 4 is 28.2 Å². The van der Waals surface area contributed by atoms with Gasteiger partial charge in [0.05, 0.1) is 24.3 Å². The van der Waals surface area contributed by atoms with Crippen LogP contribution in [0.3, 0.4) is 0 Å². The third-order valence-corrected chi connectivity index (χ3v) is 5.43. The molecule has 2 aliphatic heterocycles. The lowest BCUT2D eigenvalue weighted by molar-refractivity contribution is -0.676. The van der Waals surface area contributed by atoms with E-state index in [1.807, 2.05) is 6.07 Å². The first-order valence-corrected chi connectivity index (χ1v) is 9.59. The van der Waals surface area contributed by atoms with Crippen molar-refractivity contribution in [3.63, 3.8) is 0 Å². The second kappa shape index (κ2) is 7.87. The first-order chi connectivity index (χ1) is 12.3. The summed E-state index contributed by atoms with van der Waals surface area (Å²) in [5, 5.41) is 4.29. The van der Waals surface area contributed by atoms with Crippen molar-refractivity contribution in [2.75, 3.05) is 44.4 Å². The van der Waals surface area contributed by atoms with Crippen LogP contribution in [0, 0.1) is 0 Å². The van der Waals surface area contributed by atoms with Gasteiger partial charge in [0.2, 0.25) is 5.52 Å². The Hall–Kier alpha value is -1.40. The molecule has 1 aromatic carbocycles. The summed E-state index contributed by atoms with van der Waals surface area (Å²) < 4.78 is 11.3. The maximum absolute atomic E-state index is 6.66.